The number of hydrogen-bond acceptors (Lipinski definition) is 2. The van der Waals surface area contributed by atoms with Crippen molar-refractivity contribution in [2.75, 3.05) is 5.32 Å². The summed E-state index contributed by atoms with van der Waals surface area (Å²) in [7, 11) is 0. The van der Waals surface area contributed by atoms with Gasteiger partial charge in [0.2, 0.25) is 0 Å². The lowest BCUT2D eigenvalue weighted by Gasteiger charge is -2.12. The zero-order valence-corrected chi connectivity index (χ0v) is 16.2. The van der Waals surface area contributed by atoms with E-state index < -0.39 is 11.7 Å². The van der Waals surface area contributed by atoms with Crippen molar-refractivity contribution in [3.05, 3.63) is 87.0 Å². The van der Waals surface area contributed by atoms with Crippen LogP contribution in [0.5, 0.6) is 0 Å². The number of halogens is 6. The minimum atomic E-state index is -4.57. The summed E-state index contributed by atoms with van der Waals surface area (Å²) < 4.78 is 39.2. The zero-order valence-electron chi connectivity index (χ0n) is 13.9. The maximum atomic E-state index is 13.1. The van der Waals surface area contributed by atoms with Crippen LogP contribution in [0.1, 0.15) is 11.1 Å². The van der Waals surface area contributed by atoms with Crippen LogP contribution >= 0.6 is 34.8 Å². The van der Waals surface area contributed by atoms with Gasteiger partial charge in [0.1, 0.15) is 11.0 Å². The van der Waals surface area contributed by atoms with Crippen molar-refractivity contribution in [1.82, 2.24) is 4.98 Å². The molecule has 9 heteroatoms. The lowest BCUT2D eigenvalue weighted by atomic mass is 10.2. The van der Waals surface area contributed by atoms with Crippen LogP contribution in [0.2, 0.25) is 15.2 Å². The molecule has 0 amide bonds. The van der Waals surface area contributed by atoms with Crippen molar-refractivity contribution in [2.45, 2.75) is 6.18 Å². The maximum absolute atomic E-state index is 13.1. The monoisotopic (exact) mass is 443 g/mol. The fourth-order valence-corrected chi connectivity index (χ4v) is 2.72. The van der Waals surface area contributed by atoms with Gasteiger partial charge in [0.15, 0.2) is 5.82 Å². The van der Waals surface area contributed by atoms with Crippen molar-refractivity contribution in [1.29, 1.82) is 0 Å². The largest absolute Gasteiger partial charge is 0.416 e. The van der Waals surface area contributed by atoms with Crippen LogP contribution in [0.4, 0.5) is 24.7 Å². The van der Waals surface area contributed by atoms with E-state index in [1.54, 1.807) is 48.5 Å². The lowest BCUT2D eigenvalue weighted by Crippen LogP contribution is -2.13. The minimum Gasteiger partial charge on any atom is -0.340 e. The molecule has 0 aliphatic heterocycles. The summed E-state index contributed by atoms with van der Waals surface area (Å²) in [5.74, 6) is 0.0770. The number of aromatic nitrogens is 1. The van der Waals surface area contributed by atoms with Gasteiger partial charge in [-0.2, -0.15) is 13.2 Å². The van der Waals surface area contributed by atoms with Crippen LogP contribution < -0.4 is 5.32 Å². The van der Waals surface area contributed by atoms with E-state index in [4.69, 9.17) is 34.8 Å². The van der Waals surface area contributed by atoms with Crippen LogP contribution in [0.15, 0.2) is 65.7 Å². The summed E-state index contributed by atoms with van der Waals surface area (Å²) in [6, 6.07) is 15.0. The summed E-state index contributed by atoms with van der Waals surface area (Å²) in [5, 5.41) is 3.79. The number of benzene rings is 2. The van der Waals surface area contributed by atoms with Crippen molar-refractivity contribution < 1.29 is 13.2 Å². The number of hydrogen-bond donors (Lipinski definition) is 1. The zero-order chi connectivity index (χ0) is 20.3. The highest BCUT2D eigenvalue weighted by atomic mass is 35.5. The summed E-state index contributed by atoms with van der Waals surface area (Å²) in [4.78, 5) is 8.12. The molecule has 3 aromatic rings. The number of pyridine rings is 1. The van der Waals surface area contributed by atoms with E-state index in [0.717, 1.165) is 12.1 Å². The molecule has 1 N–H and O–H groups in total. The Hall–Kier alpha value is -2.28. The van der Waals surface area contributed by atoms with Crippen LogP contribution in [-0.2, 0) is 6.18 Å². The first-order valence-corrected chi connectivity index (χ1v) is 8.96. The molecule has 0 bridgehead atoms. The van der Waals surface area contributed by atoms with E-state index in [1.165, 1.54) is 0 Å². The highest BCUT2D eigenvalue weighted by Gasteiger charge is 2.31. The van der Waals surface area contributed by atoms with Crippen LogP contribution in [0.25, 0.3) is 0 Å². The first kappa shape index (κ1) is 20.5. The van der Waals surface area contributed by atoms with E-state index in [9.17, 15) is 13.2 Å². The van der Waals surface area contributed by atoms with Crippen molar-refractivity contribution in [3.8, 4) is 0 Å². The highest BCUT2D eigenvalue weighted by molar-refractivity contribution is 6.31. The third-order valence-electron chi connectivity index (χ3n) is 3.56. The van der Waals surface area contributed by atoms with Gasteiger partial charge in [0.25, 0.3) is 0 Å². The van der Waals surface area contributed by atoms with Gasteiger partial charge in [-0.1, -0.05) is 34.8 Å². The molecule has 3 nitrogen and oxygen atoms in total. The van der Waals surface area contributed by atoms with Gasteiger partial charge < -0.3 is 5.32 Å². The molecule has 144 valence electrons. The van der Waals surface area contributed by atoms with Crippen LogP contribution in [-0.4, -0.2) is 10.8 Å². The second-order valence-electron chi connectivity index (χ2n) is 5.63. The molecular formula is C19H11Cl3F3N3. The first-order chi connectivity index (χ1) is 13.2. The molecule has 1 aromatic heterocycles. The fraction of sp³-hybridized carbons (Fsp3) is 0.0526. The molecule has 0 radical (unpaired) electrons. The third-order valence-corrected chi connectivity index (χ3v) is 4.26. The lowest BCUT2D eigenvalue weighted by molar-refractivity contribution is -0.137. The molecule has 0 atom stereocenters. The normalized spacial score (nSPS) is 12.1. The summed E-state index contributed by atoms with van der Waals surface area (Å²) in [6.45, 7) is 0. The van der Waals surface area contributed by atoms with E-state index >= 15 is 0 Å². The second kappa shape index (κ2) is 8.39. The third kappa shape index (κ3) is 5.38. The van der Waals surface area contributed by atoms with Crippen molar-refractivity contribution in [2.24, 2.45) is 4.99 Å². The molecule has 0 saturated heterocycles. The minimum absolute atomic E-state index is 0.189. The Morgan fingerprint density at radius 3 is 2.00 bits per heavy atom. The molecular weight excluding hydrogens is 434 g/mol. The fourth-order valence-electron chi connectivity index (χ4n) is 2.26. The summed E-state index contributed by atoms with van der Waals surface area (Å²) >= 11 is 17.6. The smallest absolute Gasteiger partial charge is 0.340 e. The Morgan fingerprint density at radius 1 is 0.857 bits per heavy atom. The molecule has 0 fully saturated rings. The number of aliphatic imine (C=N–C) groups is 1. The van der Waals surface area contributed by atoms with Gasteiger partial charge in [-0.15, -0.1) is 0 Å². The van der Waals surface area contributed by atoms with Gasteiger partial charge in [0, 0.05) is 21.3 Å². The Morgan fingerprint density at radius 2 is 1.43 bits per heavy atom. The van der Waals surface area contributed by atoms with Gasteiger partial charge in [-0.25, -0.2) is 9.98 Å². The van der Waals surface area contributed by atoms with Gasteiger partial charge in [0.05, 0.1) is 5.56 Å². The highest BCUT2D eigenvalue weighted by Crippen LogP contribution is 2.33. The van der Waals surface area contributed by atoms with Crippen molar-refractivity contribution >= 4 is 52.1 Å². The van der Waals surface area contributed by atoms with Gasteiger partial charge in [-0.3, -0.25) is 0 Å². The van der Waals surface area contributed by atoms with E-state index in [0.29, 0.717) is 21.3 Å². The number of rotatable bonds is 3. The van der Waals surface area contributed by atoms with Crippen molar-refractivity contribution in [3.63, 3.8) is 0 Å². The Labute approximate surface area is 173 Å². The molecule has 0 unspecified atom stereocenters. The average molecular weight is 445 g/mol. The topological polar surface area (TPSA) is 37.3 Å². The number of nitrogens with one attached hydrogen (secondary N) is 1. The van der Waals surface area contributed by atoms with E-state index in [2.05, 4.69) is 15.3 Å². The molecule has 2 aromatic carbocycles. The molecule has 1 heterocycles. The number of nitrogens with zero attached hydrogens (tertiary/aromatic N) is 2. The quantitative estimate of drug-likeness (QED) is 0.262. The Balaban J connectivity index is 2.06. The standard InChI is InChI=1S/C19H11Cl3F3N3/c20-13-3-1-11(2-4-13)18(26-15-7-5-14(21)6-8-15)28-17-10-12(19(23,24)25)9-16(22)27-17/h1-10H,(H,26,27,28). The SMILES string of the molecule is FC(F)(F)c1cc(Cl)nc(N=C(Nc2ccc(Cl)cc2)c2ccc(Cl)cc2)c1. The average Bonchev–Trinajstić information content (AvgIpc) is 2.62. The predicted molar refractivity (Wildman–Crippen MR) is 107 cm³/mol. The number of anilines is 1. The molecule has 0 saturated carbocycles. The molecule has 28 heavy (non-hydrogen) atoms. The van der Waals surface area contributed by atoms with E-state index in [-0.39, 0.29) is 16.8 Å². The van der Waals surface area contributed by atoms with Gasteiger partial charge in [-0.05, 0) is 60.7 Å². The van der Waals surface area contributed by atoms with Crippen LogP contribution in [0, 0.1) is 0 Å². The van der Waals surface area contributed by atoms with Crippen LogP contribution in [0.3, 0.4) is 0 Å². The predicted octanol–water partition coefficient (Wildman–Crippen LogP) is 7.25. The Kier molecular flexibility index (Phi) is 6.13. The molecule has 3 rings (SSSR count). The number of amidine groups is 1. The summed E-state index contributed by atoms with van der Waals surface area (Å²) in [5.41, 5.74) is 0.291. The number of alkyl halides is 3. The molecule has 0 spiro atoms. The van der Waals surface area contributed by atoms with Gasteiger partial charge >= 0.3 is 6.18 Å². The second-order valence-corrected chi connectivity index (χ2v) is 6.89. The molecule has 0 aliphatic rings. The summed E-state index contributed by atoms with van der Waals surface area (Å²) in [6.07, 6.45) is -4.57. The van der Waals surface area contributed by atoms with E-state index in [1.807, 2.05) is 0 Å². The Bertz CT molecular complexity index is 1000. The maximum Gasteiger partial charge on any atom is 0.416 e. The first-order valence-electron chi connectivity index (χ1n) is 7.83. The molecule has 0 aliphatic carbocycles.